The predicted molar refractivity (Wildman–Crippen MR) is 71.6 cm³/mol. The van der Waals surface area contributed by atoms with Gasteiger partial charge < -0.3 is 10.1 Å². The molecule has 2 rings (SSSR count). The molecule has 1 aromatic heterocycles. The lowest BCUT2D eigenvalue weighted by atomic mass is 10.2. The van der Waals surface area contributed by atoms with E-state index in [0.717, 1.165) is 6.07 Å². The maximum absolute atomic E-state index is 13.7. The molecule has 1 N–H and O–H groups in total. The molecule has 1 atom stereocenters. The first kappa shape index (κ1) is 15.5. The molecule has 1 aromatic carbocycles. The molecule has 2 aromatic rings. The fraction of sp³-hybridized carbons (Fsp3) is 0.462. The summed E-state index contributed by atoms with van der Waals surface area (Å²) in [6, 6.07) is 3.33. The van der Waals surface area contributed by atoms with E-state index >= 15 is 0 Å². The van der Waals surface area contributed by atoms with Crippen molar-refractivity contribution in [2.75, 3.05) is 20.3 Å². The fourth-order valence-corrected chi connectivity index (χ4v) is 1.91. The molecule has 0 saturated heterocycles. The Morgan fingerprint density at radius 2 is 2.19 bits per heavy atom. The highest BCUT2D eigenvalue weighted by Gasteiger charge is 2.15. The molecule has 0 amide bonds. The van der Waals surface area contributed by atoms with Gasteiger partial charge in [-0.2, -0.15) is 0 Å². The largest absolute Gasteiger partial charge is 0.383 e. The molecular formula is C13H17F2N5O. The van der Waals surface area contributed by atoms with Crippen molar-refractivity contribution in [2.24, 2.45) is 0 Å². The number of nitrogens with one attached hydrogen (secondary N) is 1. The van der Waals surface area contributed by atoms with Gasteiger partial charge in [-0.15, -0.1) is 5.10 Å². The van der Waals surface area contributed by atoms with E-state index in [-0.39, 0.29) is 12.6 Å². The number of rotatable bonds is 7. The van der Waals surface area contributed by atoms with Gasteiger partial charge in [0.25, 0.3) is 0 Å². The lowest BCUT2D eigenvalue weighted by Gasteiger charge is -2.13. The average Bonchev–Trinajstić information content (AvgIpc) is 2.90. The molecule has 21 heavy (non-hydrogen) atoms. The van der Waals surface area contributed by atoms with Crippen LogP contribution in [0.1, 0.15) is 24.4 Å². The van der Waals surface area contributed by atoms with Gasteiger partial charge in [0.2, 0.25) is 0 Å². The van der Waals surface area contributed by atoms with Crippen LogP contribution in [0.4, 0.5) is 8.78 Å². The second-order valence-electron chi connectivity index (χ2n) is 4.60. The Hall–Kier alpha value is -1.93. The van der Waals surface area contributed by atoms with E-state index in [1.165, 1.54) is 16.8 Å². The number of tetrazole rings is 1. The van der Waals surface area contributed by atoms with Gasteiger partial charge in [0, 0.05) is 25.3 Å². The molecule has 114 valence electrons. The van der Waals surface area contributed by atoms with Crippen molar-refractivity contribution in [3.8, 4) is 0 Å². The highest BCUT2D eigenvalue weighted by molar-refractivity contribution is 5.19. The minimum Gasteiger partial charge on any atom is -0.383 e. The van der Waals surface area contributed by atoms with Gasteiger partial charge in [-0.05, 0) is 23.4 Å². The molecule has 8 heteroatoms. The summed E-state index contributed by atoms with van der Waals surface area (Å²) in [5.74, 6) is -0.644. The summed E-state index contributed by atoms with van der Waals surface area (Å²) in [5, 5.41) is 14.6. The summed E-state index contributed by atoms with van der Waals surface area (Å²) >= 11 is 0. The zero-order chi connectivity index (χ0) is 15.2. The van der Waals surface area contributed by atoms with Crippen molar-refractivity contribution in [1.29, 1.82) is 0 Å². The summed E-state index contributed by atoms with van der Waals surface area (Å²) in [6.45, 7) is 3.26. The van der Waals surface area contributed by atoms with E-state index in [1.807, 2.05) is 6.92 Å². The Labute approximate surface area is 121 Å². The Balaban J connectivity index is 2.09. The van der Waals surface area contributed by atoms with Crippen LogP contribution in [0.15, 0.2) is 18.2 Å². The molecular weight excluding hydrogens is 280 g/mol. The zero-order valence-electron chi connectivity index (χ0n) is 11.9. The number of ether oxygens (including phenoxy) is 1. The fourth-order valence-electron chi connectivity index (χ4n) is 1.91. The zero-order valence-corrected chi connectivity index (χ0v) is 11.9. The van der Waals surface area contributed by atoms with E-state index < -0.39 is 11.6 Å². The highest BCUT2D eigenvalue weighted by atomic mass is 19.1. The first-order valence-corrected chi connectivity index (χ1v) is 6.54. The normalized spacial score (nSPS) is 12.6. The third-order valence-electron chi connectivity index (χ3n) is 3.04. The molecule has 1 heterocycles. The van der Waals surface area contributed by atoms with Crippen LogP contribution in [0.5, 0.6) is 0 Å². The topological polar surface area (TPSA) is 64.9 Å². The SMILES string of the molecule is COCCNC(C)c1nnnn1Cc1ccc(F)cc1F. The summed E-state index contributed by atoms with van der Waals surface area (Å²) < 4.78 is 33.0. The number of methoxy groups -OCH3 is 1. The minimum absolute atomic E-state index is 0.112. The summed E-state index contributed by atoms with van der Waals surface area (Å²) in [5.41, 5.74) is 0.328. The van der Waals surface area contributed by atoms with Gasteiger partial charge in [0.05, 0.1) is 19.2 Å². The monoisotopic (exact) mass is 297 g/mol. The summed E-state index contributed by atoms with van der Waals surface area (Å²) in [6.07, 6.45) is 0. The van der Waals surface area contributed by atoms with Crippen LogP contribution in [-0.4, -0.2) is 40.5 Å². The first-order chi connectivity index (χ1) is 10.1. The quantitative estimate of drug-likeness (QED) is 0.780. The van der Waals surface area contributed by atoms with Crippen LogP contribution in [-0.2, 0) is 11.3 Å². The van der Waals surface area contributed by atoms with Crippen molar-refractivity contribution >= 4 is 0 Å². The van der Waals surface area contributed by atoms with Gasteiger partial charge in [0.1, 0.15) is 11.6 Å². The maximum atomic E-state index is 13.7. The Kier molecular flexibility index (Phi) is 5.29. The van der Waals surface area contributed by atoms with E-state index in [9.17, 15) is 8.78 Å². The van der Waals surface area contributed by atoms with Crippen LogP contribution in [0.25, 0.3) is 0 Å². The van der Waals surface area contributed by atoms with Crippen molar-refractivity contribution < 1.29 is 13.5 Å². The predicted octanol–water partition coefficient (Wildman–Crippen LogP) is 1.30. The van der Waals surface area contributed by atoms with E-state index in [1.54, 1.807) is 7.11 Å². The smallest absolute Gasteiger partial charge is 0.168 e. The van der Waals surface area contributed by atoms with Crippen molar-refractivity contribution in [1.82, 2.24) is 25.5 Å². The second kappa shape index (κ2) is 7.19. The van der Waals surface area contributed by atoms with Crippen LogP contribution < -0.4 is 5.32 Å². The number of hydrogen-bond donors (Lipinski definition) is 1. The summed E-state index contributed by atoms with van der Waals surface area (Å²) in [4.78, 5) is 0. The third-order valence-corrected chi connectivity index (χ3v) is 3.04. The Morgan fingerprint density at radius 3 is 2.90 bits per heavy atom. The van der Waals surface area contributed by atoms with Crippen LogP contribution in [0.2, 0.25) is 0 Å². The van der Waals surface area contributed by atoms with Crippen molar-refractivity contribution in [3.05, 3.63) is 41.2 Å². The lowest BCUT2D eigenvalue weighted by Crippen LogP contribution is -2.26. The van der Waals surface area contributed by atoms with E-state index in [0.29, 0.717) is 24.5 Å². The highest BCUT2D eigenvalue weighted by Crippen LogP contribution is 2.13. The van der Waals surface area contributed by atoms with Crippen LogP contribution in [0, 0.1) is 11.6 Å². The Bertz CT molecular complexity index is 590. The van der Waals surface area contributed by atoms with Crippen LogP contribution in [0.3, 0.4) is 0 Å². The number of benzene rings is 1. The molecule has 0 aliphatic heterocycles. The average molecular weight is 297 g/mol. The van der Waals surface area contributed by atoms with E-state index in [4.69, 9.17) is 4.74 Å². The molecule has 0 aliphatic rings. The van der Waals surface area contributed by atoms with E-state index in [2.05, 4.69) is 20.8 Å². The number of aromatic nitrogens is 4. The molecule has 0 radical (unpaired) electrons. The number of halogens is 2. The number of hydrogen-bond acceptors (Lipinski definition) is 5. The maximum Gasteiger partial charge on any atom is 0.168 e. The molecule has 0 saturated carbocycles. The van der Waals surface area contributed by atoms with Gasteiger partial charge in [-0.1, -0.05) is 6.07 Å². The molecule has 0 spiro atoms. The summed E-state index contributed by atoms with van der Waals surface area (Å²) in [7, 11) is 1.62. The van der Waals surface area contributed by atoms with Gasteiger partial charge in [-0.3, -0.25) is 0 Å². The minimum atomic E-state index is -0.614. The molecule has 6 nitrogen and oxygen atoms in total. The van der Waals surface area contributed by atoms with Crippen molar-refractivity contribution in [2.45, 2.75) is 19.5 Å². The second-order valence-corrected chi connectivity index (χ2v) is 4.60. The van der Waals surface area contributed by atoms with Gasteiger partial charge >= 0.3 is 0 Å². The molecule has 0 bridgehead atoms. The molecule has 0 fully saturated rings. The Morgan fingerprint density at radius 1 is 1.38 bits per heavy atom. The lowest BCUT2D eigenvalue weighted by molar-refractivity contribution is 0.196. The van der Waals surface area contributed by atoms with Crippen molar-refractivity contribution in [3.63, 3.8) is 0 Å². The third kappa shape index (κ3) is 4.02. The van der Waals surface area contributed by atoms with Gasteiger partial charge in [-0.25, -0.2) is 13.5 Å². The standard InChI is InChI=1S/C13H17F2N5O/c1-9(16-5-6-21-2)13-17-18-19-20(13)8-10-3-4-11(14)7-12(10)15/h3-4,7,9,16H,5-6,8H2,1-2H3. The molecule has 1 unspecified atom stereocenters. The van der Waals surface area contributed by atoms with Crippen LogP contribution >= 0.6 is 0 Å². The number of nitrogens with zero attached hydrogens (tertiary/aromatic N) is 4. The molecule has 0 aliphatic carbocycles. The first-order valence-electron chi connectivity index (χ1n) is 6.54. The van der Waals surface area contributed by atoms with Gasteiger partial charge in [0.15, 0.2) is 5.82 Å².